The molecular formula is C43H45N3O14. The van der Waals surface area contributed by atoms with E-state index >= 15 is 0 Å². The number of fused-ring (bicyclic) bond motifs is 5. The number of nitrogens with zero attached hydrogens (tertiary/aromatic N) is 2. The molecule has 2 fully saturated rings. The minimum atomic E-state index is -3.24. The van der Waals surface area contributed by atoms with E-state index in [1.165, 1.54) is 18.1 Å². The Morgan fingerprint density at radius 3 is 2.27 bits per heavy atom. The first kappa shape index (κ1) is 41.2. The summed E-state index contributed by atoms with van der Waals surface area (Å²) >= 11 is 0. The zero-order valence-electron chi connectivity index (χ0n) is 33.2. The van der Waals surface area contributed by atoms with Crippen LogP contribution in [0, 0.1) is 12.8 Å². The maximum absolute atomic E-state index is 15.0. The van der Waals surface area contributed by atoms with Crippen LogP contribution in [-0.2, 0) is 26.2 Å². The second-order valence-corrected chi connectivity index (χ2v) is 15.9. The van der Waals surface area contributed by atoms with E-state index in [9.17, 15) is 54.6 Å². The summed E-state index contributed by atoms with van der Waals surface area (Å²) in [5.74, 6) is -8.19. The highest BCUT2D eigenvalue weighted by molar-refractivity contribution is 6.31. The van der Waals surface area contributed by atoms with Crippen molar-refractivity contribution in [2.75, 3.05) is 51.9 Å². The summed E-state index contributed by atoms with van der Waals surface area (Å²) < 4.78 is 16.8. The molecule has 3 aromatic carbocycles. The number of amides is 1. The Morgan fingerprint density at radius 2 is 1.63 bits per heavy atom. The Balaban J connectivity index is 1.19. The third kappa shape index (κ3) is 5.68. The zero-order chi connectivity index (χ0) is 43.2. The van der Waals surface area contributed by atoms with E-state index in [2.05, 4.69) is 10.2 Å². The third-order valence-electron chi connectivity index (χ3n) is 12.8. The van der Waals surface area contributed by atoms with Crippen LogP contribution in [0.15, 0.2) is 54.2 Å². The van der Waals surface area contributed by atoms with Crippen LogP contribution in [0.5, 0.6) is 11.5 Å². The van der Waals surface area contributed by atoms with Gasteiger partial charge in [-0.1, -0.05) is 24.3 Å². The van der Waals surface area contributed by atoms with Crippen molar-refractivity contribution in [2.24, 2.45) is 5.92 Å². The first-order chi connectivity index (χ1) is 28.6. The molecule has 0 spiro atoms. The minimum Gasteiger partial charge on any atom is -0.507 e. The van der Waals surface area contributed by atoms with Gasteiger partial charge in [0.1, 0.15) is 23.8 Å². The molecule has 8 rings (SSSR count). The highest BCUT2D eigenvalue weighted by atomic mass is 16.6. The summed E-state index contributed by atoms with van der Waals surface area (Å²) in [5.41, 5.74) is -8.84. The van der Waals surface area contributed by atoms with Gasteiger partial charge in [-0.3, -0.25) is 24.0 Å². The van der Waals surface area contributed by atoms with Crippen LogP contribution in [0.4, 0.5) is 5.69 Å². The standard InChI is InChI=1S/C43H45N3O14/c1-19-14-21-15-28(49)43(59-4)39(55)31-24(16-23-30(35(31)52)27(48)17-26(33(23)50)44-40-25(18-47)34(51)37(58-3)20(2)60-40)38(54)42(43,57)32(21)36(53)29(19)41(56)46-12-10-45(11-13-46)22-8-6-5-7-9-22/h5-9,14,16-17,20,25,28,34,37,40,44,47,49,51-53,57H,10-13,15,18H2,1-4H3/t20-,25+,28+,34-,37-,40-,42-,43+/m0/s1. The molecule has 17 heteroatoms. The maximum Gasteiger partial charge on any atom is 0.258 e. The molecule has 0 radical (unpaired) electrons. The van der Waals surface area contributed by atoms with Gasteiger partial charge >= 0.3 is 0 Å². The summed E-state index contributed by atoms with van der Waals surface area (Å²) in [6.45, 7) is 4.01. The number of ether oxygens (including phenoxy) is 3. The highest BCUT2D eigenvalue weighted by Crippen LogP contribution is 2.56. The van der Waals surface area contributed by atoms with Gasteiger partial charge in [-0.05, 0) is 43.2 Å². The molecule has 2 heterocycles. The molecule has 17 nitrogen and oxygen atoms in total. The van der Waals surface area contributed by atoms with Crippen LogP contribution in [0.2, 0.25) is 0 Å². The van der Waals surface area contributed by atoms with Gasteiger partial charge in [0.15, 0.2) is 17.0 Å². The number of hydrogen-bond donors (Lipinski definition) is 7. The molecule has 2 aliphatic heterocycles. The fraction of sp³-hybridized carbons (Fsp3) is 0.419. The predicted molar refractivity (Wildman–Crippen MR) is 209 cm³/mol. The number of methoxy groups -OCH3 is 2. The van der Waals surface area contributed by atoms with Crippen LogP contribution in [0.25, 0.3) is 0 Å². The molecule has 316 valence electrons. The van der Waals surface area contributed by atoms with Crippen LogP contribution in [-0.4, -0.2) is 148 Å². The van der Waals surface area contributed by atoms with Crippen molar-refractivity contribution >= 4 is 34.7 Å². The lowest BCUT2D eigenvalue weighted by Crippen LogP contribution is -2.73. The van der Waals surface area contributed by atoms with Crippen molar-refractivity contribution in [1.29, 1.82) is 0 Å². The molecule has 8 atom stereocenters. The first-order valence-corrected chi connectivity index (χ1v) is 19.5. The Bertz CT molecular complexity index is 2380. The number of para-hydroxylation sites is 1. The van der Waals surface area contributed by atoms with Gasteiger partial charge in [0.05, 0.1) is 53.2 Å². The number of carbonyl (C=O) groups excluding carboxylic acids is 5. The predicted octanol–water partition coefficient (Wildman–Crippen LogP) is 0.519. The number of phenols is 2. The summed E-state index contributed by atoms with van der Waals surface area (Å²) in [6, 6.07) is 11.9. The fourth-order valence-corrected chi connectivity index (χ4v) is 9.77. The molecule has 7 N–H and O–H groups in total. The number of Topliss-reactive ketones (excluding diaryl/α,β-unsaturated/α-hetero) is 3. The Hall–Kier alpha value is -5.53. The number of aliphatic hydroxyl groups excluding tert-OH is 3. The summed E-state index contributed by atoms with van der Waals surface area (Å²) in [5, 5.41) is 72.0. The van der Waals surface area contributed by atoms with Crippen LogP contribution in [0.1, 0.15) is 75.4 Å². The van der Waals surface area contributed by atoms with Crippen molar-refractivity contribution in [2.45, 2.75) is 62.1 Å². The van der Waals surface area contributed by atoms with E-state index in [1.807, 2.05) is 30.3 Å². The highest BCUT2D eigenvalue weighted by Gasteiger charge is 2.72. The van der Waals surface area contributed by atoms with Gasteiger partial charge in [-0.15, -0.1) is 0 Å². The number of anilines is 1. The van der Waals surface area contributed by atoms with Crippen molar-refractivity contribution in [3.05, 3.63) is 98.7 Å². The quantitative estimate of drug-likeness (QED) is 0.171. The fourth-order valence-electron chi connectivity index (χ4n) is 9.77. The number of ketones is 4. The number of aliphatic hydroxyl groups is 4. The van der Waals surface area contributed by atoms with E-state index in [0.717, 1.165) is 24.9 Å². The van der Waals surface area contributed by atoms with Gasteiger partial charge < -0.3 is 60.0 Å². The van der Waals surface area contributed by atoms with Gasteiger partial charge in [0.25, 0.3) is 5.91 Å². The Labute approximate surface area is 343 Å². The Morgan fingerprint density at radius 1 is 0.950 bits per heavy atom. The number of carbonyl (C=O) groups is 5. The second kappa shape index (κ2) is 14.9. The molecule has 3 aromatic rings. The van der Waals surface area contributed by atoms with E-state index < -0.39 is 135 Å². The average molecular weight is 828 g/mol. The normalized spacial score (nSPS) is 30.0. The van der Waals surface area contributed by atoms with Gasteiger partial charge in [-0.2, -0.15) is 0 Å². The lowest BCUT2D eigenvalue weighted by molar-refractivity contribution is -0.214. The van der Waals surface area contributed by atoms with Gasteiger partial charge in [-0.25, -0.2) is 0 Å². The molecular weight excluding hydrogens is 782 g/mol. The smallest absolute Gasteiger partial charge is 0.258 e. The topological polar surface area (TPSA) is 253 Å². The number of hydrogen-bond acceptors (Lipinski definition) is 16. The first-order valence-electron chi connectivity index (χ1n) is 19.5. The number of aromatic hydroxyl groups is 2. The molecule has 0 aromatic heterocycles. The monoisotopic (exact) mass is 827 g/mol. The number of piperazine rings is 1. The number of benzene rings is 3. The number of allylic oxidation sites excluding steroid dienone is 2. The van der Waals surface area contributed by atoms with Crippen molar-refractivity contribution in [3.8, 4) is 11.5 Å². The van der Waals surface area contributed by atoms with Crippen molar-refractivity contribution in [3.63, 3.8) is 0 Å². The molecule has 0 bridgehead atoms. The van der Waals surface area contributed by atoms with Gasteiger partial charge in [0.2, 0.25) is 17.3 Å². The lowest BCUT2D eigenvalue weighted by Gasteiger charge is -2.53. The molecule has 0 unspecified atom stereocenters. The van der Waals surface area contributed by atoms with Crippen LogP contribution in [0.3, 0.4) is 0 Å². The Kier molecular flexibility index (Phi) is 10.2. The second-order valence-electron chi connectivity index (χ2n) is 15.9. The molecule has 3 aliphatic carbocycles. The van der Waals surface area contributed by atoms with Gasteiger partial charge in [0, 0.05) is 75.3 Å². The maximum atomic E-state index is 15.0. The van der Waals surface area contributed by atoms with E-state index in [4.69, 9.17) is 14.2 Å². The zero-order valence-corrected chi connectivity index (χ0v) is 33.2. The largest absolute Gasteiger partial charge is 0.507 e. The molecule has 1 amide bonds. The lowest BCUT2D eigenvalue weighted by atomic mass is 9.56. The average Bonchev–Trinajstić information content (AvgIpc) is 3.22. The number of phenolic OH excluding ortho intramolecular Hbond substituents is 2. The van der Waals surface area contributed by atoms with E-state index in [1.54, 1.807) is 13.8 Å². The van der Waals surface area contributed by atoms with Crippen molar-refractivity contribution in [1.82, 2.24) is 10.2 Å². The summed E-state index contributed by atoms with van der Waals surface area (Å²) in [7, 11) is 2.30. The third-order valence-corrected chi connectivity index (χ3v) is 12.8. The number of nitrogens with one attached hydrogen (secondary N) is 1. The molecule has 2 saturated heterocycles. The van der Waals surface area contributed by atoms with Crippen molar-refractivity contribution < 1.29 is 68.8 Å². The molecule has 0 saturated carbocycles. The van der Waals surface area contributed by atoms with Crippen LogP contribution < -0.4 is 10.2 Å². The van der Waals surface area contributed by atoms with E-state index in [0.29, 0.717) is 13.1 Å². The van der Waals surface area contributed by atoms with Crippen LogP contribution >= 0.6 is 0 Å². The number of rotatable bonds is 7. The summed E-state index contributed by atoms with van der Waals surface area (Å²) in [6.07, 6.45) is -5.61. The molecule has 60 heavy (non-hydrogen) atoms. The molecule has 5 aliphatic rings. The number of aryl methyl sites for hydroxylation is 1. The SMILES string of the molecule is CO[C@@H]1[C@@H](O)[C@@H](CO)[C@@H](NC2=CC(=O)c3c(cc4c(c3O)C(=O)[C@]3(OC)[C@H](O)Cc5cc(C)c(C(=O)N6CCN(c7ccccc7)CC6)c(O)c5[C@]3(O)C4=O)C2=O)O[C@H]1C. The minimum absolute atomic E-state index is 0.0311. The van der Waals surface area contributed by atoms with E-state index in [-0.39, 0.29) is 29.8 Å². The summed E-state index contributed by atoms with van der Waals surface area (Å²) in [4.78, 5) is 75.4.